The van der Waals surface area contributed by atoms with E-state index < -0.39 is 0 Å². The summed E-state index contributed by atoms with van der Waals surface area (Å²) in [6.07, 6.45) is 7.01. The minimum Gasteiger partial charge on any atom is -0.300 e. The van der Waals surface area contributed by atoms with Crippen molar-refractivity contribution in [2.24, 2.45) is 11.8 Å². The molecule has 3 N–H and O–H groups in total. The second-order valence-corrected chi connectivity index (χ2v) is 6.97. The molecule has 0 aliphatic carbocycles. The van der Waals surface area contributed by atoms with Crippen LogP contribution in [-0.4, -0.2) is 33.8 Å². The van der Waals surface area contributed by atoms with E-state index in [9.17, 15) is 0 Å². The Kier molecular flexibility index (Phi) is 4.17. The number of hydrogen-bond acceptors (Lipinski definition) is 4. The van der Waals surface area contributed by atoms with Crippen molar-refractivity contribution in [1.29, 1.82) is 0 Å². The molecular formula is C14H24BrN5. The third-order valence-corrected chi connectivity index (χ3v) is 5.82. The molecule has 3 unspecified atom stereocenters. The van der Waals surface area contributed by atoms with Crippen LogP contribution in [0.5, 0.6) is 0 Å². The number of aryl methyl sites for hydroxylation is 1. The van der Waals surface area contributed by atoms with Crippen LogP contribution < -0.4 is 11.3 Å². The van der Waals surface area contributed by atoms with E-state index in [0.717, 1.165) is 23.1 Å². The highest BCUT2D eigenvalue weighted by Gasteiger charge is 2.42. The summed E-state index contributed by atoms with van der Waals surface area (Å²) in [6, 6.07) is 1.64. The molecule has 112 valence electrons. The zero-order valence-electron chi connectivity index (χ0n) is 12.2. The van der Waals surface area contributed by atoms with Crippen molar-refractivity contribution >= 4 is 15.9 Å². The van der Waals surface area contributed by atoms with Gasteiger partial charge in [0.05, 0.1) is 22.4 Å². The van der Waals surface area contributed by atoms with E-state index >= 15 is 0 Å². The first-order valence-corrected chi connectivity index (χ1v) is 8.34. The molecule has 0 spiro atoms. The Labute approximate surface area is 129 Å². The molecule has 2 saturated heterocycles. The van der Waals surface area contributed by atoms with E-state index in [-0.39, 0.29) is 6.04 Å². The van der Waals surface area contributed by atoms with Crippen LogP contribution in [0.25, 0.3) is 0 Å². The van der Waals surface area contributed by atoms with Gasteiger partial charge in [-0.2, -0.15) is 5.10 Å². The van der Waals surface area contributed by atoms with Gasteiger partial charge in [0.2, 0.25) is 0 Å². The van der Waals surface area contributed by atoms with Crippen molar-refractivity contribution in [1.82, 2.24) is 20.1 Å². The lowest BCUT2D eigenvalue weighted by Crippen LogP contribution is -2.45. The predicted molar refractivity (Wildman–Crippen MR) is 83.0 cm³/mol. The Balaban J connectivity index is 1.85. The highest BCUT2D eigenvalue weighted by Crippen LogP contribution is 2.43. The van der Waals surface area contributed by atoms with Gasteiger partial charge < -0.3 is 4.90 Å². The number of piperidine rings is 1. The first kappa shape index (κ1) is 14.5. The van der Waals surface area contributed by atoms with Crippen molar-refractivity contribution in [3.05, 3.63) is 16.4 Å². The number of hydrazine groups is 1. The van der Waals surface area contributed by atoms with Gasteiger partial charge >= 0.3 is 0 Å². The highest BCUT2D eigenvalue weighted by molar-refractivity contribution is 9.10. The molecule has 20 heavy (non-hydrogen) atoms. The molecular weight excluding hydrogens is 318 g/mol. The lowest BCUT2D eigenvalue weighted by Gasteiger charge is -2.39. The molecule has 2 aliphatic heterocycles. The molecule has 2 bridgehead atoms. The molecule has 0 saturated carbocycles. The summed E-state index contributed by atoms with van der Waals surface area (Å²) >= 11 is 3.63. The van der Waals surface area contributed by atoms with E-state index in [4.69, 9.17) is 5.84 Å². The number of nitrogens with two attached hydrogens (primary N) is 1. The smallest absolute Gasteiger partial charge is 0.0711 e. The van der Waals surface area contributed by atoms with Crippen molar-refractivity contribution in [2.75, 3.05) is 7.05 Å². The lowest BCUT2D eigenvalue weighted by molar-refractivity contribution is 0.110. The van der Waals surface area contributed by atoms with Crippen LogP contribution in [0.3, 0.4) is 0 Å². The predicted octanol–water partition coefficient (Wildman–Crippen LogP) is 2.04. The summed E-state index contributed by atoms with van der Waals surface area (Å²) in [5, 5.41) is 4.43. The number of nitrogens with one attached hydrogen (secondary N) is 1. The van der Waals surface area contributed by atoms with E-state index in [1.165, 1.54) is 31.4 Å². The number of fused-ring (bicyclic) bond motifs is 2. The molecule has 0 amide bonds. The fourth-order valence-corrected chi connectivity index (χ4v) is 4.64. The molecule has 2 aliphatic rings. The van der Waals surface area contributed by atoms with E-state index in [0.29, 0.717) is 5.92 Å². The summed E-state index contributed by atoms with van der Waals surface area (Å²) in [5.74, 6) is 6.50. The molecule has 1 aromatic rings. The van der Waals surface area contributed by atoms with Crippen LogP contribution >= 0.6 is 15.9 Å². The Morgan fingerprint density at radius 1 is 1.45 bits per heavy atom. The molecule has 3 atom stereocenters. The molecule has 6 heteroatoms. The zero-order chi connectivity index (χ0) is 14.3. The third kappa shape index (κ3) is 2.32. The van der Waals surface area contributed by atoms with Crippen LogP contribution in [0.15, 0.2) is 10.7 Å². The maximum atomic E-state index is 5.91. The maximum absolute atomic E-state index is 5.91. The summed E-state index contributed by atoms with van der Waals surface area (Å²) in [4.78, 5) is 2.57. The second-order valence-electron chi connectivity index (χ2n) is 6.12. The molecule has 2 fully saturated rings. The van der Waals surface area contributed by atoms with Gasteiger partial charge in [-0.15, -0.1) is 0 Å². The number of rotatable bonds is 4. The average Bonchev–Trinajstić information content (AvgIpc) is 2.88. The zero-order valence-corrected chi connectivity index (χ0v) is 13.8. The van der Waals surface area contributed by atoms with E-state index in [2.05, 4.69) is 50.0 Å². The molecule has 0 radical (unpaired) electrons. The van der Waals surface area contributed by atoms with Crippen molar-refractivity contribution in [3.8, 4) is 0 Å². The summed E-state index contributed by atoms with van der Waals surface area (Å²) in [5.41, 5.74) is 4.26. The Hall–Kier alpha value is -0.430. The Morgan fingerprint density at radius 3 is 2.65 bits per heavy atom. The fourth-order valence-electron chi connectivity index (χ4n) is 4.10. The molecule has 5 nitrogen and oxygen atoms in total. The second kappa shape index (κ2) is 5.75. The van der Waals surface area contributed by atoms with Gasteiger partial charge in [0.15, 0.2) is 0 Å². The summed E-state index contributed by atoms with van der Waals surface area (Å²) in [7, 11) is 2.27. The highest BCUT2D eigenvalue weighted by atomic mass is 79.9. The van der Waals surface area contributed by atoms with Gasteiger partial charge in [0.25, 0.3) is 0 Å². The van der Waals surface area contributed by atoms with Crippen LogP contribution in [0.1, 0.15) is 44.3 Å². The maximum Gasteiger partial charge on any atom is 0.0711 e. The Bertz CT molecular complexity index is 460. The average molecular weight is 342 g/mol. The molecule has 3 heterocycles. The topological polar surface area (TPSA) is 59.1 Å². The number of nitrogens with zero attached hydrogens (tertiary/aromatic N) is 3. The number of halogens is 1. The van der Waals surface area contributed by atoms with Crippen molar-refractivity contribution < 1.29 is 0 Å². The van der Waals surface area contributed by atoms with Crippen LogP contribution in [0, 0.1) is 5.92 Å². The number of aromatic nitrogens is 2. The molecule has 3 rings (SSSR count). The first-order chi connectivity index (χ1) is 9.65. The fraction of sp³-hybridized carbons (Fsp3) is 0.786. The Morgan fingerprint density at radius 2 is 2.10 bits per heavy atom. The normalized spacial score (nSPS) is 31.7. The SMILES string of the molecule is CCn1ncc(Br)c1C(NN)C1CC2CCC(C1)N2C. The van der Waals surface area contributed by atoms with Gasteiger partial charge in [0.1, 0.15) is 0 Å². The van der Waals surface area contributed by atoms with E-state index in [1.54, 1.807) is 0 Å². The summed E-state index contributed by atoms with van der Waals surface area (Å²) in [6.45, 7) is 2.99. The van der Waals surface area contributed by atoms with Gasteiger partial charge in [-0.05, 0) is 61.5 Å². The minimum atomic E-state index is 0.184. The van der Waals surface area contributed by atoms with Crippen molar-refractivity contribution in [3.63, 3.8) is 0 Å². The molecule has 1 aromatic heterocycles. The van der Waals surface area contributed by atoms with Gasteiger partial charge in [0, 0.05) is 18.6 Å². The van der Waals surface area contributed by atoms with Gasteiger partial charge in [-0.25, -0.2) is 0 Å². The summed E-state index contributed by atoms with van der Waals surface area (Å²) < 4.78 is 3.11. The standard InChI is InChI=1S/C14H24BrN5/c1-3-20-14(12(15)8-17-20)13(18-16)9-6-10-4-5-11(7-9)19(10)2/h8-11,13,18H,3-7,16H2,1-2H3. The van der Waals surface area contributed by atoms with Crippen LogP contribution in [-0.2, 0) is 6.54 Å². The lowest BCUT2D eigenvalue weighted by atomic mass is 9.84. The minimum absolute atomic E-state index is 0.184. The quantitative estimate of drug-likeness (QED) is 0.649. The molecule has 0 aromatic carbocycles. The largest absolute Gasteiger partial charge is 0.300 e. The first-order valence-electron chi connectivity index (χ1n) is 7.55. The van der Waals surface area contributed by atoms with Crippen LogP contribution in [0.4, 0.5) is 0 Å². The van der Waals surface area contributed by atoms with Crippen molar-refractivity contribution in [2.45, 2.75) is 57.3 Å². The van der Waals surface area contributed by atoms with Gasteiger partial charge in [-0.1, -0.05) is 0 Å². The third-order valence-electron chi connectivity index (χ3n) is 5.21. The van der Waals surface area contributed by atoms with Crippen LogP contribution in [0.2, 0.25) is 0 Å². The number of hydrogen-bond donors (Lipinski definition) is 2. The van der Waals surface area contributed by atoms with Gasteiger partial charge in [-0.3, -0.25) is 16.0 Å². The van der Waals surface area contributed by atoms with E-state index in [1.807, 2.05) is 6.20 Å². The monoisotopic (exact) mass is 341 g/mol.